The van der Waals surface area contributed by atoms with E-state index in [0.717, 1.165) is 4.68 Å². The average molecular weight is 278 g/mol. The highest BCUT2D eigenvalue weighted by molar-refractivity contribution is 5.84. The van der Waals surface area contributed by atoms with Crippen LogP contribution < -0.4 is 5.69 Å². The highest BCUT2D eigenvalue weighted by Crippen LogP contribution is 2.19. The molecule has 0 saturated heterocycles. The van der Waals surface area contributed by atoms with Crippen molar-refractivity contribution >= 4 is 11.7 Å². The molecule has 0 bridgehead atoms. The van der Waals surface area contributed by atoms with Gasteiger partial charge in [-0.3, -0.25) is 15.1 Å². The first-order chi connectivity index (χ1) is 9.54. The van der Waals surface area contributed by atoms with Gasteiger partial charge < -0.3 is 4.74 Å². The molecule has 0 aliphatic heterocycles. The summed E-state index contributed by atoms with van der Waals surface area (Å²) in [6.45, 7) is 1.73. The minimum Gasteiger partial charge on any atom is -0.460 e. The van der Waals surface area contributed by atoms with E-state index in [0.29, 0.717) is 0 Å². The number of nitrogens with one attached hydrogen (secondary N) is 1. The smallest absolute Gasteiger partial charge is 0.376 e. The number of para-hydroxylation sites is 2. The van der Waals surface area contributed by atoms with E-state index in [4.69, 9.17) is 4.74 Å². The summed E-state index contributed by atoms with van der Waals surface area (Å²) in [6, 6.07) is 5.58. The number of H-pyrrole nitrogens is 1. The second-order valence-corrected chi connectivity index (χ2v) is 3.66. The van der Waals surface area contributed by atoms with Crippen LogP contribution in [-0.2, 0) is 4.74 Å². The van der Waals surface area contributed by atoms with E-state index >= 15 is 0 Å². The number of aromatic nitrogens is 3. The van der Waals surface area contributed by atoms with Crippen LogP contribution in [0.15, 0.2) is 29.1 Å². The van der Waals surface area contributed by atoms with E-state index in [-0.39, 0.29) is 23.8 Å². The Morgan fingerprint density at radius 1 is 1.50 bits per heavy atom. The summed E-state index contributed by atoms with van der Waals surface area (Å²) in [4.78, 5) is 35.7. The number of nitro benzene ring substituents is 1. The molecule has 20 heavy (non-hydrogen) atoms. The number of carbonyl (C=O) groups is 1. The Balaban J connectivity index is 2.52. The zero-order valence-corrected chi connectivity index (χ0v) is 10.4. The van der Waals surface area contributed by atoms with Crippen molar-refractivity contribution in [3.8, 4) is 5.69 Å². The minimum absolute atomic E-state index is 0.0331. The Hall–Kier alpha value is -2.97. The summed E-state index contributed by atoms with van der Waals surface area (Å²) in [7, 11) is 0. The molecule has 0 atom stereocenters. The van der Waals surface area contributed by atoms with Crippen LogP contribution in [0.25, 0.3) is 5.69 Å². The third-order valence-corrected chi connectivity index (χ3v) is 2.39. The van der Waals surface area contributed by atoms with Gasteiger partial charge in [0.25, 0.3) is 5.69 Å². The quantitative estimate of drug-likeness (QED) is 0.498. The molecule has 2 rings (SSSR count). The number of carbonyl (C=O) groups excluding carboxylic acids is 1. The van der Waals surface area contributed by atoms with Gasteiger partial charge in [0, 0.05) is 6.07 Å². The van der Waals surface area contributed by atoms with Crippen molar-refractivity contribution in [3.63, 3.8) is 0 Å². The molecule has 0 saturated carbocycles. The minimum atomic E-state index is -0.804. The number of esters is 1. The van der Waals surface area contributed by atoms with Gasteiger partial charge in [-0.2, -0.15) is 4.68 Å². The molecule has 0 amide bonds. The predicted molar refractivity (Wildman–Crippen MR) is 66.8 cm³/mol. The van der Waals surface area contributed by atoms with Gasteiger partial charge >= 0.3 is 11.7 Å². The summed E-state index contributed by atoms with van der Waals surface area (Å²) in [5, 5.41) is 14.6. The number of aromatic amines is 1. The molecule has 9 nitrogen and oxygen atoms in total. The summed E-state index contributed by atoms with van der Waals surface area (Å²) < 4.78 is 5.45. The summed E-state index contributed by atoms with van der Waals surface area (Å²) in [6.07, 6.45) is 0. The normalized spacial score (nSPS) is 10.2. The molecule has 0 radical (unpaired) electrons. The molecule has 104 valence electrons. The topological polar surface area (TPSA) is 120 Å². The molecule has 1 N–H and O–H groups in total. The zero-order valence-electron chi connectivity index (χ0n) is 10.4. The molecule has 0 aliphatic carbocycles. The van der Waals surface area contributed by atoms with Crippen molar-refractivity contribution in [2.24, 2.45) is 0 Å². The van der Waals surface area contributed by atoms with Gasteiger partial charge in [0.15, 0.2) is 0 Å². The molecule has 1 heterocycles. The second-order valence-electron chi connectivity index (χ2n) is 3.66. The first kappa shape index (κ1) is 13.5. The van der Waals surface area contributed by atoms with Crippen LogP contribution in [0.4, 0.5) is 5.69 Å². The molecule has 0 unspecified atom stereocenters. The van der Waals surface area contributed by atoms with Crippen molar-refractivity contribution in [2.75, 3.05) is 6.61 Å². The molecule has 1 aromatic carbocycles. The first-order valence-corrected chi connectivity index (χ1v) is 5.65. The Labute approximate surface area is 111 Å². The summed E-state index contributed by atoms with van der Waals surface area (Å²) in [5.74, 6) is -1.11. The van der Waals surface area contributed by atoms with E-state index in [1.165, 1.54) is 24.3 Å². The second kappa shape index (κ2) is 5.34. The lowest BCUT2D eigenvalue weighted by atomic mass is 10.3. The third-order valence-electron chi connectivity index (χ3n) is 2.39. The molecule has 0 fully saturated rings. The van der Waals surface area contributed by atoms with Crippen molar-refractivity contribution in [3.05, 3.63) is 50.7 Å². The van der Waals surface area contributed by atoms with E-state index < -0.39 is 16.6 Å². The average Bonchev–Trinajstić information content (AvgIpc) is 2.81. The molecule has 0 aliphatic rings. The molecule has 2 aromatic rings. The molecular formula is C11H10N4O5. The van der Waals surface area contributed by atoms with Crippen LogP contribution in [-0.4, -0.2) is 32.3 Å². The monoisotopic (exact) mass is 278 g/mol. The van der Waals surface area contributed by atoms with Crippen molar-refractivity contribution in [1.82, 2.24) is 14.8 Å². The lowest BCUT2D eigenvalue weighted by Crippen LogP contribution is -2.17. The van der Waals surface area contributed by atoms with Gasteiger partial charge in [0.05, 0.1) is 11.5 Å². The van der Waals surface area contributed by atoms with E-state index in [2.05, 4.69) is 10.1 Å². The van der Waals surface area contributed by atoms with Gasteiger partial charge in [-0.25, -0.2) is 9.59 Å². The summed E-state index contributed by atoms with van der Waals surface area (Å²) >= 11 is 0. The fraction of sp³-hybridized carbons (Fsp3) is 0.182. The fourth-order valence-electron chi connectivity index (χ4n) is 1.58. The summed E-state index contributed by atoms with van der Waals surface area (Å²) in [5.41, 5.74) is -1.09. The number of hydrogen-bond donors (Lipinski definition) is 1. The maximum Gasteiger partial charge on any atom is 0.376 e. The maximum absolute atomic E-state index is 11.7. The number of ether oxygens (including phenoxy) is 1. The van der Waals surface area contributed by atoms with Gasteiger partial charge in [-0.05, 0) is 13.0 Å². The van der Waals surface area contributed by atoms with Crippen LogP contribution in [0.2, 0.25) is 0 Å². The number of benzene rings is 1. The van der Waals surface area contributed by atoms with Crippen LogP contribution >= 0.6 is 0 Å². The van der Waals surface area contributed by atoms with Crippen LogP contribution in [0, 0.1) is 10.1 Å². The Kier molecular flexibility index (Phi) is 3.60. The highest BCUT2D eigenvalue weighted by atomic mass is 16.6. The van der Waals surface area contributed by atoms with Gasteiger partial charge in [-0.15, -0.1) is 5.10 Å². The molecule has 1 aromatic heterocycles. The van der Waals surface area contributed by atoms with E-state index in [1.54, 1.807) is 6.92 Å². The maximum atomic E-state index is 11.7. The molecular weight excluding hydrogens is 268 g/mol. The van der Waals surface area contributed by atoms with Crippen molar-refractivity contribution in [1.29, 1.82) is 0 Å². The number of rotatable bonds is 4. The zero-order chi connectivity index (χ0) is 14.7. The predicted octanol–water partition coefficient (Wildman–Crippen LogP) is 0.645. The lowest BCUT2D eigenvalue weighted by molar-refractivity contribution is -0.384. The first-order valence-electron chi connectivity index (χ1n) is 5.65. The number of nitrogens with zero attached hydrogens (tertiary/aromatic N) is 3. The Bertz CT molecular complexity index is 718. The van der Waals surface area contributed by atoms with Crippen molar-refractivity contribution in [2.45, 2.75) is 6.92 Å². The van der Waals surface area contributed by atoms with Crippen molar-refractivity contribution < 1.29 is 14.5 Å². The number of nitro groups is 1. The van der Waals surface area contributed by atoms with Gasteiger partial charge in [-0.1, -0.05) is 12.1 Å². The van der Waals surface area contributed by atoms with Crippen LogP contribution in [0.1, 0.15) is 17.5 Å². The van der Waals surface area contributed by atoms with Crippen LogP contribution in [0.3, 0.4) is 0 Å². The largest absolute Gasteiger partial charge is 0.460 e. The molecule has 0 spiro atoms. The molecule has 9 heteroatoms. The highest BCUT2D eigenvalue weighted by Gasteiger charge is 2.20. The van der Waals surface area contributed by atoms with E-state index in [9.17, 15) is 19.7 Å². The van der Waals surface area contributed by atoms with E-state index in [1.807, 2.05) is 0 Å². The Morgan fingerprint density at radius 3 is 2.85 bits per heavy atom. The fourth-order valence-corrected chi connectivity index (χ4v) is 1.58. The SMILES string of the molecule is CCOC(=O)c1nn(-c2ccccc2[N+](=O)[O-])c(=O)[nH]1. The van der Waals surface area contributed by atoms with Crippen LogP contribution in [0.5, 0.6) is 0 Å². The Morgan fingerprint density at radius 2 is 2.20 bits per heavy atom. The number of hydrogen-bond acceptors (Lipinski definition) is 6. The lowest BCUT2D eigenvalue weighted by Gasteiger charge is -2.00. The van der Waals surface area contributed by atoms with Gasteiger partial charge in [0.2, 0.25) is 5.82 Å². The standard InChI is InChI=1S/C11H10N4O5/c1-2-20-10(16)9-12-11(17)14(13-9)7-5-3-4-6-8(7)15(18)19/h3-6H,2H2,1H3,(H,12,13,17). The van der Waals surface area contributed by atoms with Gasteiger partial charge in [0.1, 0.15) is 5.69 Å². The third kappa shape index (κ3) is 2.41.